The molecule has 0 heterocycles. The average molecular weight is 209 g/mol. The van der Waals surface area contributed by atoms with Crippen LogP contribution in [0.25, 0.3) is 0 Å². The summed E-state index contributed by atoms with van der Waals surface area (Å²) in [7, 11) is 0. The van der Waals surface area contributed by atoms with Crippen LogP contribution in [0.3, 0.4) is 0 Å². The van der Waals surface area contributed by atoms with E-state index in [1.165, 1.54) is 12.0 Å². The molecular weight excluding hydrogens is 186 g/mol. The van der Waals surface area contributed by atoms with E-state index >= 15 is 0 Å². The predicted molar refractivity (Wildman–Crippen MR) is 67.7 cm³/mol. The van der Waals surface area contributed by atoms with Crippen molar-refractivity contribution in [2.24, 2.45) is 16.6 Å². The van der Waals surface area contributed by atoms with Crippen LogP contribution >= 0.6 is 0 Å². The van der Waals surface area contributed by atoms with E-state index in [0.29, 0.717) is 12.5 Å². The Morgan fingerprint density at radius 3 is 2.67 bits per heavy atom. The lowest BCUT2D eigenvalue weighted by molar-refractivity contribution is 0.563. The normalized spacial score (nSPS) is 12.7. The monoisotopic (exact) mass is 209 g/mol. The minimum atomic E-state index is 0.128. The van der Waals surface area contributed by atoms with E-state index in [-0.39, 0.29) is 5.84 Å². The first kappa shape index (κ1) is 13.9. The lowest BCUT2D eigenvalue weighted by Gasteiger charge is -2.05. The minimum absolute atomic E-state index is 0.128. The molecule has 0 amide bonds. The van der Waals surface area contributed by atoms with Crippen LogP contribution in [0, 0.1) is 11.3 Å². The molecule has 0 aliphatic rings. The quantitative estimate of drug-likeness (QED) is 0.378. The summed E-state index contributed by atoms with van der Waals surface area (Å²) in [6.45, 7) is 6.80. The van der Waals surface area contributed by atoms with Crippen LogP contribution in [0.5, 0.6) is 0 Å². The maximum absolute atomic E-state index is 6.99. The molecule has 0 bridgehead atoms. The molecule has 0 aromatic heterocycles. The van der Waals surface area contributed by atoms with Crippen LogP contribution < -0.4 is 5.73 Å². The first-order valence-corrected chi connectivity index (χ1v) is 5.47. The van der Waals surface area contributed by atoms with Crippen molar-refractivity contribution >= 4 is 12.1 Å². The van der Waals surface area contributed by atoms with Crippen molar-refractivity contribution < 1.29 is 0 Å². The lowest BCUT2D eigenvalue weighted by atomic mass is 10.0. The van der Waals surface area contributed by atoms with Gasteiger partial charge in [0.15, 0.2) is 0 Å². The Kier molecular flexibility index (Phi) is 7.60. The van der Waals surface area contributed by atoms with Crippen molar-refractivity contribution in [2.45, 2.75) is 40.0 Å². The molecule has 86 valence electrons. The van der Waals surface area contributed by atoms with Gasteiger partial charge in [-0.05, 0) is 45.2 Å². The number of nitrogens with zero attached hydrogens (tertiary/aromatic N) is 1. The molecule has 0 aromatic rings. The van der Waals surface area contributed by atoms with Crippen molar-refractivity contribution in [2.75, 3.05) is 6.54 Å². The van der Waals surface area contributed by atoms with E-state index in [2.05, 4.69) is 31.8 Å². The van der Waals surface area contributed by atoms with Crippen LogP contribution in [-0.2, 0) is 0 Å². The van der Waals surface area contributed by atoms with Gasteiger partial charge in [-0.1, -0.05) is 18.6 Å². The van der Waals surface area contributed by atoms with Crippen molar-refractivity contribution in [1.82, 2.24) is 0 Å². The highest BCUT2D eigenvalue weighted by molar-refractivity contribution is 5.80. The molecule has 3 N–H and O–H groups in total. The van der Waals surface area contributed by atoms with Gasteiger partial charge in [-0.15, -0.1) is 0 Å². The molecule has 0 radical (unpaired) electrons. The molecule has 0 aromatic carbocycles. The van der Waals surface area contributed by atoms with Crippen LogP contribution in [0.2, 0.25) is 0 Å². The third-order valence-electron chi connectivity index (χ3n) is 2.11. The maximum atomic E-state index is 6.99. The fraction of sp³-hybridized carbons (Fsp3) is 0.667. The minimum Gasteiger partial charge on any atom is -0.386 e. The van der Waals surface area contributed by atoms with Crippen LogP contribution in [0.15, 0.2) is 16.6 Å². The van der Waals surface area contributed by atoms with Crippen LogP contribution in [0.4, 0.5) is 0 Å². The fourth-order valence-electron chi connectivity index (χ4n) is 1.19. The van der Waals surface area contributed by atoms with E-state index in [0.717, 1.165) is 12.8 Å². The van der Waals surface area contributed by atoms with Crippen molar-refractivity contribution in [3.8, 4) is 0 Å². The molecule has 3 heteroatoms. The predicted octanol–water partition coefficient (Wildman–Crippen LogP) is 2.77. The molecule has 0 fully saturated rings. The number of aliphatic imine (C=N–C) groups is 1. The second-order valence-corrected chi connectivity index (χ2v) is 4.25. The summed E-state index contributed by atoms with van der Waals surface area (Å²) >= 11 is 0. The highest BCUT2D eigenvalue weighted by atomic mass is 14.8. The molecule has 0 saturated carbocycles. The molecule has 0 rings (SSSR count). The molecule has 0 spiro atoms. The summed E-state index contributed by atoms with van der Waals surface area (Å²) < 4.78 is 0. The van der Waals surface area contributed by atoms with E-state index in [4.69, 9.17) is 11.1 Å². The highest BCUT2D eigenvalue weighted by Crippen LogP contribution is 2.10. The van der Waals surface area contributed by atoms with Crippen molar-refractivity contribution in [1.29, 1.82) is 5.41 Å². The highest BCUT2D eigenvalue weighted by Gasteiger charge is 1.98. The lowest BCUT2D eigenvalue weighted by Crippen LogP contribution is -2.13. The van der Waals surface area contributed by atoms with E-state index in [1.54, 1.807) is 0 Å². The standard InChI is InChI=1S/C12H23N3/c1-10(2)5-4-6-11(3)7-8-15-9-12(13)14/h5,8,11H,4,6-7,9H2,1-3H3,(H3,13,14). The second kappa shape index (κ2) is 8.21. The number of nitrogens with one attached hydrogen (secondary N) is 1. The molecule has 0 aliphatic heterocycles. The molecule has 0 aliphatic carbocycles. The van der Waals surface area contributed by atoms with Gasteiger partial charge in [-0.2, -0.15) is 0 Å². The summed E-state index contributed by atoms with van der Waals surface area (Å²) in [5, 5.41) is 6.99. The summed E-state index contributed by atoms with van der Waals surface area (Å²) in [4.78, 5) is 4.06. The Morgan fingerprint density at radius 2 is 2.13 bits per heavy atom. The van der Waals surface area contributed by atoms with E-state index in [1.807, 2.05) is 6.21 Å². The van der Waals surface area contributed by atoms with Crippen molar-refractivity contribution in [3.63, 3.8) is 0 Å². The summed E-state index contributed by atoms with van der Waals surface area (Å²) in [5.74, 6) is 0.778. The molecular formula is C12H23N3. The number of amidine groups is 1. The number of nitrogens with two attached hydrogens (primary N) is 1. The van der Waals surface area contributed by atoms with Gasteiger partial charge in [0.25, 0.3) is 0 Å². The van der Waals surface area contributed by atoms with Gasteiger partial charge in [0.05, 0.1) is 6.54 Å². The Hall–Kier alpha value is -1.12. The molecule has 3 nitrogen and oxygen atoms in total. The Labute approximate surface area is 93.0 Å². The Morgan fingerprint density at radius 1 is 1.47 bits per heavy atom. The van der Waals surface area contributed by atoms with Gasteiger partial charge in [0, 0.05) is 0 Å². The van der Waals surface area contributed by atoms with Gasteiger partial charge < -0.3 is 5.73 Å². The zero-order valence-electron chi connectivity index (χ0n) is 10.1. The summed E-state index contributed by atoms with van der Waals surface area (Å²) in [6, 6.07) is 0. The van der Waals surface area contributed by atoms with Gasteiger partial charge in [-0.3, -0.25) is 10.4 Å². The number of allylic oxidation sites excluding steroid dienone is 2. The first-order valence-electron chi connectivity index (χ1n) is 5.47. The molecule has 1 unspecified atom stereocenters. The van der Waals surface area contributed by atoms with E-state index < -0.39 is 0 Å². The second-order valence-electron chi connectivity index (χ2n) is 4.25. The first-order chi connectivity index (χ1) is 7.02. The molecule has 1 atom stereocenters. The van der Waals surface area contributed by atoms with Gasteiger partial charge in [0.1, 0.15) is 5.84 Å². The summed E-state index contributed by atoms with van der Waals surface area (Å²) in [6.07, 6.45) is 7.46. The van der Waals surface area contributed by atoms with E-state index in [9.17, 15) is 0 Å². The molecule has 0 saturated heterocycles. The third-order valence-corrected chi connectivity index (χ3v) is 2.11. The Balaban J connectivity index is 3.57. The number of hydrogen-bond donors (Lipinski definition) is 2. The van der Waals surface area contributed by atoms with Crippen molar-refractivity contribution in [3.05, 3.63) is 11.6 Å². The topological polar surface area (TPSA) is 62.2 Å². The average Bonchev–Trinajstić information content (AvgIpc) is 2.11. The fourth-order valence-corrected chi connectivity index (χ4v) is 1.19. The zero-order chi connectivity index (χ0) is 11.7. The SMILES string of the molecule is CC(C)=CCCC(C)CC=NCC(=N)N. The van der Waals surface area contributed by atoms with Crippen LogP contribution in [0.1, 0.15) is 40.0 Å². The molecule has 15 heavy (non-hydrogen) atoms. The smallest absolute Gasteiger partial charge is 0.113 e. The van der Waals surface area contributed by atoms with Gasteiger partial charge in [-0.25, -0.2) is 0 Å². The number of rotatable bonds is 7. The van der Waals surface area contributed by atoms with Crippen LogP contribution in [-0.4, -0.2) is 18.6 Å². The van der Waals surface area contributed by atoms with Gasteiger partial charge >= 0.3 is 0 Å². The zero-order valence-corrected chi connectivity index (χ0v) is 10.1. The Bertz CT molecular complexity index is 237. The van der Waals surface area contributed by atoms with Gasteiger partial charge in [0.2, 0.25) is 0 Å². The number of hydrogen-bond acceptors (Lipinski definition) is 2. The largest absolute Gasteiger partial charge is 0.386 e. The third kappa shape index (κ3) is 10.8. The maximum Gasteiger partial charge on any atom is 0.113 e. The summed E-state index contributed by atoms with van der Waals surface area (Å²) in [5.41, 5.74) is 6.57.